The second kappa shape index (κ2) is 7.29. The van der Waals surface area contributed by atoms with E-state index in [9.17, 15) is 4.79 Å². The van der Waals surface area contributed by atoms with Crippen molar-refractivity contribution in [1.29, 1.82) is 0 Å². The Morgan fingerprint density at radius 3 is 2.75 bits per heavy atom. The lowest BCUT2D eigenvalue weighted by Crippen LogP contribution is -2.15. The van der Waals surface area contributed by atoms with E-state index in [0.717, 1.165) is 12.2 Å². The molecule has 4 heteroatoms. The van der Waals surface area contributed by atoms with Gasteiger partial charge in [-0.25, -0.2) is 4.79 Å². The Morgan fingerprint density at radius 1 is 1.30 bits per heavy atom. The Morgan fingerprint density at radius 2 is 2.05 bits per heavy atom. The first kappa shape index (κ1) is 14.9. The number of hydrogen-bond donors (Lipinski definition) is 1. The van der Waals surface area contributed by atoms with Gasteiger partial charge in [0.05, 0.1) is 19.3 Å². The zero-order valence-electron chi connectivity index (χ0n) is 12.1. The van der Waals surface area contributed by atoms with Crippen LogP contribution in [0.5, 0.6) is 0 Å². The highest BCUT2D eigenvalue weighted by Crippen LogP contribution is 2.25. The highest BCUT2D eigenvalue weighted by molar-refractivity contribution is 5.96. The van der Waals surface area contributed by atoms with Crippen LogP contribution < -0.4 is 5.73 Å². The Kier molecular flexibility index (Phi) is 5.41. The van der Waals surface area contributed by atoms with E-state index in [1.54, 1.807) is 6.07 Å². The molecule has 0 unspecified atom stereocenters. The Balaban J connectivity index is 1.95. The number of benzene rings is 1. The molecule has 4 nitrogen and oxygen atoms in total. The van der Waals surface area contributed by atoms with E-state index >= 15 is 0 Å². The number of methoxy groups -OCH3 is 1. The molecule has 1 aliphatic carbocycles. The van der Waals surface area contributed by atoms with Crippen molar-refractivity contribution in [2.45, 2.75) is 38.7 Å². The molecule has 0 saturated heterocycles. The number of nitrogen functional groups attached to an aromatic ring is 1. The minimum Gasteiger partial charge on any atom is -0.465 e. The first-order valence-corrected chi connectivity index (χ1v) is 7.25. The average molecular weight is 277 g/mol. The molecule has 1 aliphatic rings. The zero-order chi connectivity index (χ0) is 14.4. The summed E-state index contributed by atoms with van der Waals surface area (Å²) in [5.74, 6) is 0.255. The minimum atomic E-state index is -0.403. The SMILES string of the molecule is COC(=O)c1c(N)cccc1COCC1CCCCC1. The number of ether oxygens (including phenoxy) is 2. The number of esters is 1. The van der Waals surface area contributed by atoms with Gasteiger partial charge in [0.25, 0.3) is 0 Å². The third-order valence-corrected chi connectivity index (χ3v) is 3.91. The summed E-state index contributed by atoms with van der Waals surface area (Å²) in [6.07, 6.45) is 6.46. The Labute approximate surface area is 120 Å². The second-order valence-corrected chi connectivity index (χ2v) is 5.39. The van der Waals surface area contributed by atoms with Crippen molar-refractivity contribution in [2.75, 3.05) is 19.5 Å². The molecule has 0 atom stereocenters. The summed E-state index contributed by atoms with van der Waals surface area (Å²) in [6, 6.07) is 5.40. The molecule has 0 radical (unpaired) electrons. The minimum absolute atomic E-state index is 0.403. The third kappa shape index (κ3) is 3.73. The van der Waals surface area contributed by atoms with Gasteiger partial charge in [-0.3, -0.25) is 0 Å². The third-order valence-electron chi connectivity index (χ3n) is 3.91. The molecule has 1 saturated carbocycles. The maximum absolute atomic E-state index is 11.8. The van der Waals surface area contributed by atoms with Crippen molar-refractivity contribution in [1.82, 2.24) is 0 Å². The van der Waals surface area contributed by atoms with E-state index in [1.165, 1.54) is 39.2 Å². The normalized spacial score (nSPS) is 16.1. The van der Waals surface area contributed by atoms with Gasteiger partial charge in [-0.05, 0) is 30.4 Å². The highest BCUT2D eigenvalue weighted by Gasteiger charge is 2.17. The van der Waals surface area contributed by atoms with Gasteiger partial charge in [-0.1, -0.05) is 31.4 Å². The van der Waals surface area contributed by atoms with E-state index < -0.39 is 5.97 Å². The van der Waals surface area contributed by atoms with Gasteiger partial charge in [0.1, 0.15) is 0 Å². The van der Waals surface area contributed by atoms with Gasteiger partial charge in [0, 0.05) is 12.3 Å². The van der Waals surface area contributed by atoms with E-state index in [1.807, 2.05) is 12.1 Å². The topological polar surface area (TPSA) is 61.5 Å². The van der Waals surface area contributed by atoms with Crippen LogP contribution in [-0.2, 0) is 16.1 Å². The molecule has 1 aromatic rings. The van der Waals surface area contributed by atoms with E-state index in [2.05, 4.69) is 0 Å². The molecule has 0 aromatic heterocycles. The largest absolute Gasteiger partial charge is 0.465 e. The molecule has 0 spiro atoms. The lowest BCUT2D eigenvalue weighted by Gasteiger charge is -2.21. The van der Waals surface area contributed by atoms with Gasteiger partial charge >= 0.3 is 5.97 Å². The van der Waals surface area contributed by atoms with Crippen LogP contribution in [0.2, 0.25) is 0 Å². The summed E-state index contributed by atoms with van der Waals surface area (Å²) in [6.45, 7) is 1.17. The van der Waals surface area contributed by atoms with Crippen molar-refractivity contribution in [3.05, 3.63) is 29.3 Å². The van der Waals surface area contributed by atoms with Crippen LogP contribution in [0.4, 0.5) is 5.69 Å². The van der Waals surface area contributed by atoms with Crippen LogP contribution in [0.1, 0.15) is 48.0 Å². The number of anilines is 1. The fourth-order valence-corrected chi connectivity index (χ4v) is 2.78. The first-order valence-electron chi connectivity index (χ1n) is 7.25. The van der Waals surface area contributed by atoms with Crippen LogP contribution in [0.15, 0.2) is 18.2 Å². The van der Waals surface area contributed by atoms with Crippen molar-refractivity contribution in [3.63, 3.8) is 0 Å². The maximum Gasteiger partial charge on any atom is 0.340 e. The van der Waals surface area contributed by atoms with Gasteiger partial charge in [-0.2, -0.15) is 0 Å². The van der Waals surface area contributed by atoms with Crippen LogP contribution >= 0.6 is 0 Å². The molecule has 0 aliphatic heterocycles. The van der Waals surface area contributed by atoms with Crippen molar-refractivity contribution >= 4 is 11.7 Å². The second-order valence-electron chi connectivity index (χ2n) is 5.39. The summed E-state index contributed by atoms with van der Waals surface area (Å²) in [5, 5.41) is 0. The number of nitrogens with two attached hydrogens (primary N) is 1. The van der Waals surface area contributed by atoms with Crippen LogP contribution in [-0.4, -0.2) is 19.7 Å². The molecule has 2 N–H and O–H groups in total. The molecule has 0 amide bonds. The van der Waals surface area contributed by atoms with Gasteiger partial charge in [0.2, 0.25) is 0 Å². The fraction of sp³-hybridized carbons (Fsp3) is 0.562. The summed E-state index contributed by atoms with van der Waals surface area (Å²) >= 11 is 0. The summed E-state index contributed by atoms with van der Waals surface area (Å²) in [7, 11) is 1.36. The fourth-order valence-electron chi connectivity index (χ4n) is 2.78. The number of carbonyl (C=O) groups is 1. The van der Waals surface area contributed by atoms with Crippen molar-refractivity contribution < 1.29 is 14.3 Å². The van der Waals surface area contributed by atoms with Gasteiger partial charge in [-0.15, -0.1) is 0 Å². The standard InChI is InChI=1S/C16H23NO3/c1-19-16(18)15-13(8-5-9-14(15)17)11-20-10-12-6-3-2-4-7-12/h5,8-9,12H,2-4,6-7,10-11,17H2,1H3. The molecule has 1 aromatic carbocycles. The number of carbonyl (C=O) groups excluding carboxylic acids is 1. The first-order chi connectivity index (χ1) is 9.72. The van der Waals surface area contributed by atoms with E-state index in [0.29, 0.717) is 23.8 Å². The molecule has 0 heterocycles. The zero-order valence-corrected chi connectivity index (χ0v) is 12.1. The van der Waals surface area contributed by atoms with E-state index in [-0.39, 0.29) is 0 Å². The van der Waals surface area contributed by atoms with Crippen LogP contribution in [0, 0.1) is 5.92 Å². The highest BCUT2D eigenvalue weighted by atomic mass is 16.5. The molecule has 0 bridgehead atoms. The molecular weight excluding hydrogens is 254 g/mol. The lowest BCUT2D eigenvalue weighted by atomic mass is 9.90. The predicted octanol–water partition coefficient (Wildman–Crippen LogP) is 3.15. The van der Waals surface area contributed by atoms with E-state index in [4.69, 9.17) is 15.2 Å². The van der Waals surface area contributed by atoms with Crippen molar-refractivity contribution in [2.24, 2.45) is 5.92 Å². The molecular formula is C16H23NO3. The predicted molar refractivity (Wildman–Crippen MR) is 78.4 cm³/mol. The number of rotatable bonds is 5. The summed E-state index contributed by atoms with van der Waals surface area (Å²) < 4.78 is 10.6. The van der Waals surface area contributed by atoms with Gasteiger partial charge in [0.15, 0.2) is 0 Å². The maximum atomic E-state index is 11.8. The molecule has 20 heavy (non-hydrogen) atoms. The monoisotopic (exact) mass is 277 g/mol. The Bertz CT molecular complexity index is 453. The average Bonchev–Trinajstić information content (AvgIpc) is 2.48. The molecule has 1 fully saturated rings. The Hall–Kier alpha value is -1.55. The lowest BCUT2D eigenvalue weighted by molar-refractivity contribution is 0.0577. The van der Waals surface area contributed by atoms with Crippen molar-refractivity contribution in [3.8, 4) is 0 Å². The number of hydrogen-bond acceptors (Lipinski definition) is 4. The summed E-state index contributed by atoms with van der Waals surface area (Å²) in [5.41, 5.74) is 7.52. The smallest absolute Gasteiger partial charge is 0.340 e. The molecule has 110 valence electrons. The summed E-state index contributed by atoms with van der Waals surface area (Å²) in [4.78, 5) is 11.8. The quantitative estimate of drug-likeness (QED) is 0.663. The van der Waals surface area contributed by atoms with Crippen LogP contribution in [0.3, 0.4) is 0 Å². The van der Waals surface area contributed by atoms with Gasteiger partial charge < -0.3 is 15.2 Å². The molecule has 2 rings (SSSR count). The van der Waals surface area contributed by atoms with Crippen LogP contribution in [0.25, 0.3) is 0 Å².